The Hall–Kier alpha value is -0.930. The highest BCUT2D eigenvalue weighted by molar-refractivity contribution is 9.10. The van der Waals surface area contributed by atoms with Crippen LogP contribution in [0.5, 0.6) is 0 Å². The molecule has 0 saturated carbocycles. The summed E-state index contributed by atoms with van der Waals surface area (Å²) in [4.78, 5) is 8.38. The SMILES string of the molecule is Cc1nc(Cl)cc(Cc2ccc(Br)cc2)n1. The second-order valence-electron chi connectivity index (χ2n) is 3.53. The normalized spacial score (nSPS) is 10.4. The molecular weight excluding hydrogens is 288 g/mol. The Balaban J connectivity index is 2.23. The summed E-state index contributed by atoms with van der Waals surface area (Å²) in [6, 6.07) is 9.97. The Morgan fingerprint density at radius 2 is 1.88 bits per heavy atom. The van der Waals surface area contributed by atoms with Gasteiger partial charge in [0.05, 0.1) is 0 Å². The Morgan fingerprint density at radius 1 is 1.19 bits per heavy atom. The minimum Gasteiger partial charge on any atom is -0.238 e. The van der Waals surface area contributed by atoms with E-state index in [2.05, 4.69) is 38.0 Å². The fourth-order valence-electron chi connectivity index (χ4n) is 1.49. The van der Waals surface area contributed by atoms with Crippen LogP contribution in [0, 0.1) is 6.92 Å². The molecule has 0 aliphatic carbocycles. The smallest absolute Gasteiger partial charge is 0.133 e. The molecule has 2 aromatic rings. The van der Waals surface area contributed by atoms with Crippen molar-refractivity contribution in [3.05, 3.63) is 57.0 Å². The summed E-state index contributed by atoms with van der Waals surface area (Å²) in [5.74, 6) is 0.708. The van der Waals surface area contributed by atoms with Crippen LogP contribution in [-0.4, -0.2) is 9.97 Å². The lowest BCUT2D eigenvalue weighted by Crippen LogP contribution is -1.96. The van der Waals surface area contributed by atoms with E-state index in [4.69, 9.17) is 11.6 Å². The Labute approximate surface area is 108 Å². The Morgan fingerprint density at radius 3 is 2.50 bits per heavy atom. The zero-order chi connectivity index (χ0) is 11.5. The molecule has 2 rings (SSSR count). The minimum absolute atomic E-state index is 0.500. The Kier molecular flexibility index (Phi) is 3.56. The van der Waals surface area contributed by atoms with Crippen LogP contribution >= 0.6 is 27.5 Å². The second-order valence-corrected chi connectivity index (χ2v) is 4.84. The van der Waals surface area contributed by atoms with Gasteiger partial charge in [-0.25, -0.2) is 9.97 Å². The average Bonchev–Trinajstić information content (AvgIpc) is 2.20. The fourth-order valence-corrected chi connectivity index (χ4v) is 2.00. The molecule has 0 bridgehead atoms. The zero-order valence-corrected chi connectivity index (χ0v) is 11.1. The van der Waals surface area contributed by atoms with E-state index in [0.29, 0.717) is 11.0 Å². The van der Waals surface area contributed by atoms with E-state index in [0.717, 1.165) is 16.6 Å². The number of halogens is 2. The molecule has 2 nitrogen and oxygen atoms in total. The first-order chi connectivity index (χ1) is 7.63. The molecule has 82 valence electrons. The number of aryl methyl sites for hydroxylation is 1. The maximum atomic E-state index is 5.88. The predicted octanol–water partition coefficient (Wildman–Crippen LogP) is 3.79. The lowest BCUT2D eigenvalue weighted by Gasteiger charge is -2.03. The third kappa shape index (κ3) is 3.03. The van der Waals surface area contributed by atoms with Crippen LogP contribution in [0.1, 0.15) is 17.1 Å². The molecule has 4 heteroatoms. The van der Waals surface area contributed by atoms with Gasteiger partial charge in [-0.05, 0) is 30.7 Å². The molecule has 0 amide bonds. The van der Waals surface area contributed by atoms with Crippen molar-refractivity contribution < 1.29 is 0 Å². The summed E-state index contributed by atoms with van der Waals surface area (Å²) in [5, 5.41) is 0.500. The number of hydrogen-bond donors (Lipinski definition) is 0. The quantitative estimate of drug-likeness (QED) is 0.788. The molecule has 1 aromatic carbocycles. The molecule has 0 saturated heterocycles. The zero-order valence-electron chi connectivity index (χ0n) is 8.74. The molecule has 0 radical (unpaired) electrons. The first kappa shape index (κ1) is 11.6. The highest BCUT2D eigenvalue weighted by Gasteiger charge is 2.01. The van der Waals surface area contributed by atoms with E-state index in [1.54, 1.807) is 6.07 Å². The maximum absolute atomic E-state index is 5.88. The molecule has 16 heavy (non-hydrogen) atoms. The summed E-state index contributed by atoms with van der Waals surface area (Å²) >= 11 is 9.29. The van der Waals surface area contributed by atoms with Gasteiger partial charge in [0.15, 0.2) is 0 Å². The summed E-state index contributed by atoms with van der Waals surface area (Å²) in [6.45, 7) is 1.84. The van der Waals surface area contributed by atoms with Gasteiger partial charge in [0.25, 0.3) is 0 Å². The van der Waals surface area contributed by atoms with Gasteiger partial charge in [-0.15, -0.1) is 0 Å². The molecule has 1 aromatic heterocycles. The average molecular weight is 298 g/mol. The molecule has 0 atom stereocenters. The highest BCUT2D eigenvalue weighted by Crippen LogP contribution is 2.15. The van der Waals surface area contributed by atoms with Gasteiger partial charge < -0.3 is 0 Å². The van der Waals surface area contributed by atoms with Crippen molar-refractivity contribution in [3.8, 4) is 0 Å². The van der Waals surface area contributed by atoms with Crippen molar-refractivity contribution in [2.45, 2.75) is 13.3 Å². The van der Waals surface area contributed by atoms with Crippen molar-refractivity contribution in [3.63, 3.8) is 0 Å². The van der Waals surface area contributed by atoms with E-state index in [1.807, 2.05) is 19.1 Å². The Bertz CT molecular complexity index is 477. The van der Waals surface area contributed by atoms with Crippen molar-refractivity contribution >= 4 is 27.5 Å². The summed E-state index contributed by atoms with van der Waals surface area (Å²) in [5.41, 5.74) is 2.15. The number of nitrogens with zero attached hydrogens (tertiary/aromatic N) is 2. The minimum atomic E-state index is 0.500. The van der Waals surface area contributed by atoms with Crippen molar-refractivity contribution in [2.75, 3.05) is 0 Å². The van der Waals surface area contributed by atoms with Crippen LogP contribution in [-0.2, 0) is 6.42 Å². The number of benzene rings is 1. The summed E-state index contributed by atoms with van der Waals surface area (Å²) in [6.07, 6.45) is 0.774. The van der Waals surface area contributed by atoms with Crippen molar-refractivity contribution in [1.29, 1.82) is 0 Å². The van der Waals surface area contributed by atoms with Crippen LogP contribution in [0.25, 0.3) is 0 Å². The third-order valence-corrected chi connectivity index (χ3v) is 2.88. The standard InChI is InChI=1S/C12H10BrClN2/c1-8-15-11(7-12(14)16-8)6-9-2-4-10(13)5-3-9/h2-5,7H,6H2,1H3. The third-order valence-electron chi connectivity index (χ3n) is 2.16. The molecule has 1 heterocycles. The fraction of sp³-hybridized carbons (Fsp3) is 0.167. The van der Waals surface area contributed by atoms with Gasteiger partial charge in [0, 0.05) is 16.6 Å². The molecule has 0 aliphatic rings. The van der Waals surface area contributed by atoms with Gasteiger partial charge in [-0.3, -0.25) is 0 Å². The van der Waals surface area contributed by atoms with Crippen LogP contribution in [0.15, 0.2) is 34.8 Å². The van der Waals surface area contributed by atoms with E-state index >= 15 is 0 Å². The van der Waals surface area contributed by atoms with Crippen LogP contribution in [0.3, 0.4) is 0 Å². The van der Waals surface area contributed by atoms with Crippen molar-refractivity contribution in [2.24, 2.45) is 0 Å². The van der Waals surface area contributed by atoms with Crippen LogP contribution < -0.4 is 0 Å². The first-order valence-electron chi connectivity index (χ1n) is 4.88. The van der Waals surface area contributed by atoms with Crippen LogP contribution in [0.2, 0.25) is 5.15 Å². The van der Waals surface area contributed by atoms with Crippen LogP contribution in [0.4, 0.5) is 0 Å². The molecular formula is C12H10BrClN2. The lowest BCUT2D eigenvalue weighted by molar-refractivity contribution is 0.968. The molecule has 0 fully saturated rings. The van der Waals surface area contributed by atoms with Gasteiger partial charge >= 0.3 is 0 Å². The largest absolute Gasteiger partial charge is 0.238 e. The number of rotatable bonds is 2. The second kappa shape index (κ2) is 4.93. The van der Waals surface area contributed by atoms with Gasteiger partial charge in [0.1, 0.15) is 11.0 Å². The lowest BCUT2D eigenvalue weighted by atomic mass is 10.1. The van der Waals surface area contributed by atoms with Crippen molar-refractivity contribution in [1.82, 2.24) is 9.97 Å². The molecule has 0 unspecified atom stereocenters. The molecule has 0 aliphatic heterocycles. The van der Waals surface area contributed by atoms with E-state index in [-0.39, 0.29) is 0 Å². The summed E-state index contributed by atoms with van der Waals surface area (Å²) in [7, 11) is 0. The van der Waals surface area contributed by atoms with Gasteiger partial charge in [-0.1, -0.05) is 39.7 Å². The predicted molar refractivity (Wildman–Crippen MR) is 68.7 cm³/mol. The highest BCUT2D eigenvalue weighted by atomic mass is 79.9. The molecule has 0 spiro atoms. The first-order valence-corrected chi connectivity index (χ1v) is 6.05. The maximum Gasteiger partial charge on any atom is 0.133 e. The summed E-state index contributed by atoms with van der Waals surface area (Å²) < 4.78 is 1.08. The van der Waals surface area contributed by atoms with Gasteiger partial charge in [0.2, 0.25) is 0 Å². The van der Waals surface area contributed by atoms with Gasteiger partial charge in [-0.2, -0.15) is 0 Å². The van der Waals surface area contributed by atoms with E-state index in [9.17, 15) is 0 Å². The number of hydrogen-bond acceptors (Lipinski definition) is 2. The topological polar surface area (TPSA) is 25.8 Å². The molecule has 0 N–H and O–H groups in total. The number of aromatic nitrogens is 2. The van der Waals surface area contributed by atoms with E-state index < -0.39 is 0 Å². The monoisotopic (exact) mass is 296 g/mol. The van der Waals surface area contributed by atoms with E-state index in [1.165, 1.54) is 5.56 Å².